The molecule has 216 valence electrons. The van der Waals surface area contributed by atoms with E-state index in [0.717, 1.165) is 67.8 Å². The molecule has 5 heterocycles. The van der Waals surface area contributed by atoms with Crippen molar-refractivity contribution in [2.75, 3.05) is 0 Å². The van der Waals surface area contributed by atoms with E-state index in [-0.39, 0.29) is 30.6 Å². The summed E-state index contributed by atoms with van der Waals surface area (Å²) >= 11 is 0. The molecular weight excluding hydrogens is 528 g/mol. The van der Waals surface area contributed by atoms with Crippen LogP contribution in [0.4, 0.5) is 0 Å². The minimum Gasteiger partial charge on any atom is -0.481 e. The van der Waals surface area contributed by atoms with Crippen LogP contribution < -0.4 is 5.32 Å². The fraction of sp³-hybridized carbons (Fsp3) is 0.324. The Morgan fingerprint density at radius 3 is 2.26 bits per heavy atom. The Morgan fingerprint density at radius 2 is 1.60 bits per heavy atom. The van der Waals surface area contributed by atoms with Crippen molar-refractivity contribution in [3.8, 4) is 0 Å². The maximum atomic E-state index is 11.5. The van der Waals surface area contributed by atoms with Crippen LogP contribution in [0, 0.1) is 17.8 Å². The highest BCUT2D eigenvalue weighted by Gasteiger charge is 2.33. The van der Waals surface area contributed by atoms with Crippen LogP contribution in [-0.4, -0.2) is 39.3 Å². The summed E-state index contributed by atoms with van der Waals surface area (Å²) in [5.74, 6) is -1.76. The number of nitrogens with one attached hydrogen (secondary N) is 1. The highest BCUT2D eigenvalue weighted by Crippen LogP contribution is 2.40. The monoisotopic (exact) mass is 564 g/mol. The Labute approximate surface area is 246 Å². The molecule has 3 atom stereocenters. The van der Waals surface area contributed by atoms with E-state index in [1.807, 2.05) is 50.3 Å². The fourth-order valence-corrected chi connectivity index (χ4v) is 6.14. The summed E-state index contributed by atoms with van der Waals surface area (Å²) in [5.41, 5.74) is 11.1. The quantitative estimate of drug-likeness (QED) is 0.295. The molecule has 8 bridgehead atoms. The second kappa shape index (κ2) is 11.4. The number of hydrogen-bond acceptors (Lipinski definition) is 6. The first-order chi connectivity index (χ1) is 20.0. The van der Waals surface area contributed by atoms with Gasteiger partial charge < -0.3 is 15.5 Å². The molecule has 0 amide bonds. The maximum Gasteiger partial charge on any atom is 0.303 e. The van der Waals surface area contributed by atoms with Crippen molar-refractivity contribution in [1.82, 2.24) is 5.32 Å². The first-order valence-electron chi connectivity index (χ1n) is 14.3. The zero-order valence-electron chi connectivity index (χ0n) is 24.5. The van der Waals surface area contributed by atoms with Gasteiger partial charge in [-0.15, -0.1) is 6.58 Å². The second-order valence-electron chi connectivity index (χ2n) is 11.2. The van der Waals surface area contributed by atoms with Crippen LogP contribution in [0.25, 0.3) is 0 Å². The third-order valence-corrected chi connectivity index (χ3v) is 8.71. The Hall–Kier alpha value is -4.59. The molecule has 0 saturated heterocycles. The third-order valence-electron chi connectivity index (χ3n) is 8.71. The van der Waals surface area contributed by atoms with Crippen molar-refractivity contribution in [2.45, 2.75) is 53.4 Å². The number of carbonyl (C=O) groups is 2. The number of aliphatic imine (C=N–C) groups is 3. The topological polar surface area (TPSA) is 124 Å². The molecule has 0 aromatic carbocycles. The van der Waals surface area contributed by atoms with Gasteiger partial charge >= 0.3 is 11.9 Å². The van der Waals surface area contributed by atoms with Crippen LogP contribution in [0.2, 0.25) is 0 Å². The van der Waals surface area contributed by atoms with Gasteiger partial charge in [-0.1, -0.05) is 32.6 Å². The summed E-state index contributed by atoms with van der Waals surface area (Å²) < 4.78 is 0. The van der Waals surface area contributed by atoms with Gasteiger partial charge in [0.25, 0.3) is 0 Å². The third kappa shape index (κ3) is 5.24. The SMILES string of the molecule is C=CC1=C(C)C2=CC3=NC(=CC4=NC(=CC5=C(CCC(=O)O)[C@H](C)C(=CC1=N2)N5)C(CCC(=O)O)=C4C)[C@@H](C)[C@H]3C=C. The van der Waals surface area contributed by atoms with Gasteiger partial charge in [-0.25, -0.2) is 9.98 Å². The smallest absolute Gasteiger partial charge is 0.303 e. The van der Waals surface area contributed by atoms with Crippen molar-refractivity contribution < 1.29 is 19.8 Å². The predicted octanol–water partition coefficient (Wildman–Crippen LogP) is 6.38. The van der Waals surface area contributed by atoms with E-state index in [0.29, 0.717) is 18.5 Å². The number of fused-ring (bicyclic) bond motifs is 5. The molecule has 5 rings (SSSR count). The zero-order valence-corrected chi connectivity index (χ0v) is 24.5. The molecule has 8 nitrogen and oxygen atoms in total. The zero-order chi connectivity index (χ0) is 30.3. The molecule has 0 aromatic heterocycles. The van der Waals surface area contributed by atoms with Gasteiger partial charge in [-0.2, -0.15) is 0 Å². The Kier molecular flexibility index (Phi) is 7.82. The van der Waals surface area contributed by atoms with Crippen LogP contribution in [0.15, 0.2) is 121 Å². The summed E-state index contributed by atoms with van der Waals surface area (Å²) in [4.78, 5) is 38.0. The van der Waals surface area contributed by atoms with Gasteiger partial charge in [-0.05, 0) is 73.3 Å². The lowest BCUT2D eigenvalue weighted by atomic mass is 9.89. The normalized spacial score (nSPS) is 24.9. The minimum absolute atomic E-state index is 0.00408. The van der Waals surface area contributed by atoms with E-state index >= 15 is 0 Å². The molecule has 0 spiro atoms. The number of rotatable bonds is 8. The number of carboxylic acids is 2. The lowest BCUT2D eigenvalue weighted by molar-refractivity contribution is -0.138. The Balaban J connectivity index is 1.75. The summed E-state index contributed by atoms with van der Waals surface area (Å²) in [6, 6.07) is 0. The van der Waals surface area contributed by atoms with E-state index in [2.05, 4.69) is 32.3 Å². The standard InChI is InChI=1S/C34H36N4O4/c1-7-21-17(3)25-13-26-19(5)23(9-11-33(39)40)31(37-26)16-32-24(10-12-34(41)42)20(6)28(38-32)15-30-22(8-2)18(4)27(36-30)14-29(21)35-25/h7-8,13-17,20-21,38H,1-2,9-12H2,3-6H3,(H,39,40)(H,41,42)/t17-,20-,21+/m0/s1. The van der Waals surface area contributed by atoms with Crippen molar-refractivity contribution in [3.63, 3.8) is 0 Å². The molecule has 5 aliphatic heterocycles. The molecule has 0 radical (unpaired) electrons. The van der Waals surface area contributed by atoms with Crippen molar-refractivity contribution >= 4 is 29.1 Å². The molecular formula is C34H36N4O4. The van der Waals surface area contributed by atoms with E-state index in [4.69, 9.17) is 15.0 Å². The average molecular weight is 565 g/mol. The molecule has 0 unspecified atom stereocenters. The van der Waals surface area contributed by atoms with Crippen LogP contribution in [0.5, 0.6) is 0 Å². The lowest BCUT2D eigenvalue weighted by Gasteiger charge is -2.12. The summed E-state index contributed by atoms with van der Waals surface area (Å²) in [5, 5.41) is 22.4. The Morgan fingerprint density at radius 1 is 0.905 bits per heavy atom. The van der Waals surface area contributed by atoms with Crippen LogP contribution >= 0.6 is 0 Å². The predicted molar refractivity (Wildman–Crippen MR) is 166 cm³/mol. The Bertz CT molecular complexity index is 1630. The van der Waals surface area contributed by atoms with Gasteiger partial charge in [0.15, 0.2) is 0 Å². The molecule has 8 heteroatoms. The van der Waals surface area contributed by atoms with Crippen molar-refractivity contribution in [3.05, 3.63) is 106 Å². The number of allylic oxidation sites excluding steroid dienone is 12. The van der Waals surface area contributed by atoms with Crippen LogP contribution in [0.1, 0.15) is 53.4 Å². The molecule has 0 saturated carbocycles. The largest absolute Gasteiger partial charge is 0.481 e. The van der Waals surface area contributed by atoms with E-state index in [9.17, 15) is 19.8 Å². The lowest BCUT2D eigenvalue weighted by Crippen LogP contribution is -2.12. The molecule has 0 aromatic rings. The van der Waals surface area contributed by atoms with Crippen LogP contribution in [-0.2, 0) is 9.59 Å². The summed E-state index contributed by atoms with van der Waals surface area (Å²) in [6.45, 7) is 16.3. The first kappa shape index (κ1) is 28.9. The van der Waals surface area contributed by atoms with E-state index in [1.165, 1.54) is 0 Å². The maximum absolute atomic E-state index is 11.5. The fourth-order valence-electron chi connectivity index (χ4n) is 6.14. The highest BCUT2D eigenvalue weighted by molar-refractivity contribution is 6.16. The molecule has 0 aliphatic carbocycles. The van der Waals surface area contributed by atoms with Crippen molar-refractivity contribution in [2.24, 2.45) is 32.7 Å². The average Bonchev–Trinajstić information content (AvgIpc) is 3.59. The van der Waals surface area contributed by atoms with E-state index in [1.54, 1.807) is 0 Å². The molecule has 3 N–H and O–H groups in total. The van der Waals surface area contributed by atoms with Gasteiger partial charge in [0.2, 0.25) is 0 Å². The first-order valence-corrected chi connectivity index (χ1v) is 14.3. The number of carboxylic acid groups (broad SMARTS) is 2. The molecule has 5 aliphatic rings. The van der Waals surface area contributed by atoms with Crippen molar-refractivity contribution in [1.29, 1.82) is 0 Å². The number of nitrogens with zero attached hydrogens (tertiary/aromatic N) is 3. The summed E-state index contributed by atoms with van der Waals surface area (Å²) in [7, 11) is 0. The van der Waals surface area contributed by atoms with E-state index < -0.39 is 11.9 Å². The molecule has 42 heavy (non-hydrogen) atoms. The van der Waals surface area contributed by atoms with Gasteiger partial charge in [-0.3, -0.25) is 14.6 Å². The highest BCUT2D eigenvalue weighted by atomic mass is 16.4. The number of hydrogen-bond donors (Lipinski definition) is 3. The van der Waals surface area contributed by atoms with Gasteiger partial charge in [0.1, 0.15) is 0 Å². The summed E-state index contributed by atoms with van der Waals surface area (Å²) in [6.07, 6.45) is 12.4. The second-order valence-corrected chi connectivity index (χ2v) is 11.2. The van der Waals surface area contributed by atoms with Gasteiger partial charge in [0.05, 0.1) is 28.5 Å². The number of aliphatic carboxylic acids is 2. The van der Waals surface area contributed by atoms with Crippen LogP contribution in [0.3, 0.4) is 0 Å². The van der Waals surface area contributed by atoms with Gasteiger partial charge in [0, 0.05) is 53.3 Å². The minimum atomic E-state index is -0.878. The molecule has 0 fully saturated rings.